The Hall–Kier alpha value is -2.32. The molecular weight excluding hydrogens is 383 g/mol. The molecule has 0 aliphatic carbocycles. The minimum atomic E-state index is -4.44. The number of nitrogens with zero attached hydrogens (tertiary/aromatic N) is 1. The molecule has 0 unspecified atom stereocenters. The Bertz CT molecular complexity index is 909. The summed E-state index contributed by atoms with van der Waals surface area (Å²) in [6, 6.07) is 11.6. The first-order valence-corrected chi connectivity index (χ1v) is 8.61. The number of thiocarbonyl (C=S) groups is 1. The lowest BCUT2D eigenvalue weighted by molar-refractivity contribution is -0.137. The smallest absolute Gasteiger partial charge is 0.416 e. The van der Waals surface area contributed by atoms with Gasteiger partial charge in [0.2, 0.25) is 0 Å². The van der Waals surface area contributed by atoms with Crippen molar-refractivity contribution in [1.29, 1.82) is 0 Å². The number of hydrogen-bond acceptors (Lipinski definition) is 4. The van der Waals surface area contributed by atoms with Crippen molar-refractivity contribution in [3.05, 3.63) is 64.6 Å². The molecule has 3 rings (SSSR count). The normalized spacial score (nSPS) is 16.5. The van der Waals surface area contributed by atoms with Crippen molar-refractivity contribution in [3.63, 3.8) is 0 Å². The van der Waals surface area contributed by atoms with Crippen LogP contribution in [0.5, 0.6) is 5.75 Å². The van der Waals surface area contributed by atoms with E-state index in [1.165, 1.54) is 30.2 Å². The van der Waals surface area contributed by atoms with Crippen molar-refractivity contribution in [2.45, 2.75) is 6.18 Å². The monoisotopic (exact) mass is 395 g/mol. The lowest BCUT2D eigenvalue weighted by Gasteiger charge is -2.15. The van der Waals surface area contributed by atoms with Gasteiger partial charge in [-0.05, 0) is 35.9 Å². The fourth-order valence-corrected chi connectivity index (χ4v) is 3.70. The zero-order chi connectivity index (χ0) is 18.9. The van der Waals surface area contributed by atoms with Gasteiger partial charge in [-0.3, -0.25) is 9.69 Å². The number of anilines is 1. The molecule has 1 fully saturated rings. The maximum Gasteiger partial charge on any atom is 0.416 e. The third-order valence-electron chi connectivity index (χ3n) is 3.62. The maximum absolute atomic E-state index is 12.8. The lowest BCUT2D eigenvalue weighted by atomic mass is 10.1. The molecule has 1 saturated heterocycles. The van der Waals surface area contributed by atoms with E-state index < -0.39 is 11.7 Å². The largest absolute Gasteiger partial charge is 0.497 e. The number of alkyl halides is 3. The van der Waals surface area contributed by atoms with Crippen LogP contribution in [0.3, 0.4) is 0 Å². The van der Waals surface area contributed by atoms with Gasteiger partial charge in [-0.2, -0.15) is 13.2 Å². The molecule has 134 valence electrons. The van der Waals surface area contributed by atoms with Crippen molar-refractivity contribution >= 4 is 46.0 Å². The van der Waals surface area contributed by atoms with Crippen LogP contribution < -0.4 is 9.64 Å². The minimum absolute atomic E-state index is 0.261. The number of rotatable bonds is 3. The van der Waals surface area contributed by atoms with Gasteiger partial charge in [0.15, 0.2) is 4.32 Å². The molecule has 3 nitrogen and oxygen atoms in total. The second-order valence-corrected chi connectivity index (χ2v) is 7.02. The number of carbonyl (C=O) groups excluding carboxylic acids is 1. The van der Waals surface area contributed by atoms with Crippen LogP contribution in [0.4, 0.5) is 18.9 Å². The quantitative estimate of drug-likeness (QED) is 0.533. The predicted octanol–water partition coefficient (Wildman–Crippen LogP) is 5.12. The highest BCUT2D eigenvalue weighted by molar-refractivity contribution is 8.27. The van der Waals surface area contributed by atoms with E-state index in [4.69, 9.17) is 17.0 Å². The highest BCUT2D eigenvalue weighted by Gasteiger charge is 2.34. The molecule has 26 heavy (non-hydrogen) atoms. The molecule has 1 heterocycles. The van der Waals surface area contributed by atoms with Gasteiger partial charge in [0.05, 0.1) is 23.3 Å². The average Bonchev–Trinajstić information content (AvgIpc) is 2.88. The summed E-state index contributed by atoms with van der Waals surface area (Å²) in [7, 11) is 1.51. The minimum Gasteiger partial charge on any atom is -0.497 e. The number of hydrogen-bond donors (Lipinski definition) is 0. The molecule has 0 atom stereocenters. The first-order chi connectivity index (χ1) is 12.3. The summed E-state index contributed by atoms with van der Waals surface area (Å²) in [5.74, 6) is 0.184. The highest BCUT2D eigenvalue weighted by atomic mass is 32.2. The van der Waals surface area contributed by atoms with Gasteiger partial charge in [0.1, 0.15) is 5.75 Å². The summed E-state index contributed by atoms with van der Waals surface area (Å²) in [4.78, 5) is 14.3. The topological polar surface area (TPSA) is 29.5 Å². The summed E-state index contributed by atoms with van der Waals surface area (Å²) >= 11 is 6.31. The number of methoxy groups -OCH3 is 1. The van der Waals surface area contributed by atoms with Gasteiger partial charge in [-0.25, -0.2) is 0 Å². The predicted molar refractivity (Wildman–Crippen MR) is 100 cm³/mol. The van der Waals surface area contributed by atoms with E-state index in [0.29, 0.717) is 15.8 Å². The average molecular weight is 395 g/mol. The van der Waals surface area contributed by atoms with Crippen LogP contribution in [0.2, 0.25) is 0 Å². The Morgan fingerprint density at radius 3 is 2.58 bits per heavy atom. The Kier molecular flexibility index (Phi) is 5.06. The first kappa shape index (κ1) is 18.5. The number of ether oxygens (including phenoxy) is 1. The Balaban J connectivity index is 1.92. The molecule has 2 aromatic carbocycles. The molecule has 0 radical (unpaired) electrons. The van der Waals surface area contributed by atoms with Crippen LogP contribution in [0.25, 0.3) is 6.08 Å². The third kappa shape index (κ3) is 3.76. The van der Waals surface area contributed by atoms with Gasteiger partial charge < -0.3 is 4.74 Å². The first-order valence-electron chi connectivity index (χ1n) is 7.39. The van der Waals surface area contributed by atoms with Gasteiger partial charge in [-0.1, -0.05) is 42.2 Å². The van der Waals surface area contributed by atoms with Crippen molar-refractivity contribution in [2.75, 3.05) is 12.0 Å². The molecule has 8 heteroatoms. The SMILES string of the molecule is COc1cccc(N2C(=O)/C(=C\c3cccc(C(F)(F)F)c3)SC2=S)c1. The molecule has 1 aliphatic rings. The summed E-state index contributed by atoms with van der Waals surface area (Å²) in [5.41, 5.74) is 0.0554. The van der Waals surface area contributed by atoms with Crippen LogP contribution in [-0.2, 0) is 11.0 Å². The molecular formula is C18H12F3NO2S2. The fraction of sp³-hybridized carbons (Fsp3) is 0.111. The van der Waals surface area contributed by atoms with Crippen LogP contribution in [0, 0.1) is 0 Å². The highest BCUT2D eigenvalue weighted by Crippen LogP contribution is 2.37. The van der Waals surface area contributed by atoms with Gasteiger partial charge >= 0.3 is 6.18 Å². The molecule has 0 saturated carbocycles. The van der Waals surface area contributed by atoms with Gasteiger partial charge in [0.25, 0.3) is 5.91 Å². The molecule has 0 N–H and O–H groups in total. The van der Waals surface area contributed by atoms with Crippen molar-refractivity contribution in [2.24, 2.45) is 0 Å². The van der Waals surface area contributed by atoms with E-state index >= 15 is 0 Å². The second-order valence-electron chi connectivity index (χ2n) is 5.34. The van der Waals surface area contributed by atoms with Crippen molar-refractivity contribution in [3.8, 4) is 5.75 Å². The number of carbonyl (C=O) groups is 1. The van der Waals surface area contributed by atoms with Crippen LogP contribution >= 0.6 is 24.0 Å². The molecule has 1 aliphatic heterocycles. The number of thioether (sulfide) groups is 1. The number of benzene rings is 2. The van der Waals surface area contributed by atoms with Gasteiger partial charge in [0, 0.05) is 6.07 Å². The molecule has 0 aromatic heterocycles. The maximum atomic E-state index is 12.8. The number of amides is 1. The summed E-state index contributed by atoms with van der Waals surface area (Å²) in [6.07, 6.45) is -3.03. The zero-order valence-corrected chi connectivity index (χ0v) is 15.0. The molecule has 1 amide bonds. The Morgan fingerprint density at radius 1 is 1.15 bits per heavy atom. The fourth-order valence-electron chi connectivity index (χ4n) is 2.40. The van der Waals surface area contributed by atoms with E-state index in [9.17, 15) is 18.0 Å². The van der Waals surface area contributed by atoms with Crippen LogP contribution in [0.1, 0.15) is 11.1 Å². The van der Waals surface area contributed by atoms with E-state index in [0.717, 1.165) is 23.9 Å². The standard InChI is InChI=1S/C18H12F3NO2S2/c1-24-14-7-3-6-13(10-14)22-16(23)15(26-17(22)25)9-11-4-2-5-12(8-11)18(19,20)21/h2-10H,1H3/b15-9+. The zero-order valence-electron chi connectivity index (χ0n) is 13.4. The van der Waals surface area contributed by atoms with Gasteiger partial charge in [-0.15, -0.1) is 0 Å². The van der Waals surface area contributed by atoms with Crippen LogP contribution in [-0.4, -0.2) is 17.3 Å². The van der Waals surface area contributed by atoms with E-state index in [2.05, 4.69) is 0 Å². The second kappa shape index (κ2) is 7.13. The summed E-state index contributed by atoms with van der Waals surface area (Å²) in [5, 5.41) is 0. The third-order valence-corrected chi connectivity index (χ3v) is 4.92. The molecule has 0 bridgehead atoms. The van der Waals surface area contributed by atoms with Crippen LogP contribution in [0.15, 0.2) is 53.4 Å². The van der Waals surface area contributed by atoms with Crippen molar-refractivity contribution < 1.29 is 22.7 Å². The summed E-state index contributed by atoms with van der Waals surface area (Å²) < 4.78 is 44.0. The molecule has 0 spiro atoms. The van der Waals surface area contributed by atoms with Crippen molar-refractivity contribution in [1.82, 2.24) is 0 Å². The van der Waals surface area contributed by atoms with E-state index in [-0.39, 0.29) is 16.4 Å². The van der Waals surface area contributed by atoms with E-state index in [1.54, 1.807) is 24.3 Å². The lowest BCUT2D eigenvalue weighted by Crippen LogP contribution is -2.27. The number of halogens is 3. The Labute approximate surface area is 157 Å². The summed E-state index contributed by atoms with van der Waals surface area (Å²) in [6.45, 7) is 0. The molecule has 2 aromatic rings. The Morgan fingerprint density at radius 2 is 1.88 bits per heavy atom. The van der Waals surface area contributed by atoms with E-state index in [1.807, 2.05) is 0 Å².